The number of carbonyl (C=O) groups excluding carboxylic acids is 1. The van der Waals surface area contributed by atoms with Crippen molar-refractivity contribution in [2.45, 2.75) is 19.3 Å². The monoisotopic (exact) mass is 266 g/mol. The molecule has 1 aromatic carbocycles. The molecule has 0 saturated carbocycles. The Morgan fingerprint density at radius 1 is 1.25 bits per heavy atom. The Labute approximate surface area is 119 Å². The van der Waals surface area contributed by atoms with Crippen LogP contribution < -0.4 is 0 Å². The maximum Gasteiger partial charge on any atom is 0.205 e. The molecule has 0 N–H and O–H groups in total. The highest BCUT2D eigenvalue weighted by molar-refractivity contribution is 5.96. The van der Waals surface area contributed by atoms with Crippen LogP contribution in [0.1, 0.15) is 29.0 Å². The number of hydrogen-bond donors (Lipinski definition) is 0. The lowest BCUT2D eigenvalue weighted by molar-refractivity contribution is 0.0911. The van der Waals surface area contributed by atoms with Crippen molar-refractivity contribution in [2.24, 2.45) is 5.92 Å². The van der Waals surface area contributed by atoms with Gasteiger partial charge in [0.05, 0.1) is 12.2 Å². The molecule has 1 unspecified atom stereocenters. The standard InChI is InChI=1S/C18H18O2/c1-2-8-16(18(19)17-13-7-14-20-17)12-6-11-15-9-4-3-5-10-15/h3-5,7-10,13-14,16H,1,6,11-12H2. The van der Waals surface area contributed by atoms with Crippen molar-refractivity contribution >= 4 is 5.78 Å². The summed E-state index contributed by atoms with van der Waals surface area (Å²) < 4.78 is 5.17. The third-order valence-corrected chi connectivity index (χ3v) is 3.24. The van der Waals surface area contributed by atoms with Crippen molar-refractivity contribution in [3.8, 4) is 0 Å². The maximum atomic E-state index is 12.2. The van der Waals surface area contributed by atoms with E-state index in [1.165, 1.54) is 11.8 Å². The molecule has 0 aliphatic carbocycles. The fourth-order valence-corrected chi connectivity index (χ4v) is 2.20. The Morgan fingerprint density at radius 2 is 2.05 bits per heavy atom. The fourth-order valence-electron chi connectivity index (χ4n) is 2.20. The van der Waals surface area contributed by atoms with Crippen molar-refractivity contribution < 1.29 is 9.21 Å². The normalized spacial score (nSPS) is 11.6. The Kier molecular flexibility index (Phi) is 5.16. The average Bonchev–Trinajstić information content (AvgIpc) is 3.01. The van der Waals surface area contributed by atoms with Gasteiger partial charge in [-0.1, -0.05) is 36.9 Å². The molecule has 102 valence electrons. The van der Waals surface area contributed by atoms with E-state index in [-0.39, 0.29) is 11.7 Å². The predicted molar refractivity (Wildman–Crippen MR) is 79.6 cm³/mol. The van der Waals surface area contributed by atoms with E-state index in [4.69, 9.17) is 4.42 Å². The van der Waals surface area contributed by atoms with E-state index in [1.54, 1.807) is 18.2 Å². The molecule has 2 nitrogen and oxygen atoms in total. The van der Waals surface area contributed by atoms with E-state index in [2.05, 4.69) is 24.4 Å². The quantitative estimate of drug-likeness (QED) is 0.547. The molecule has 0 radical (unpaired) electrons. The van der Waals surface area contributed by atoms with Crippen LogP contribution in [-0.2, 0) is 6.42 Å². The first-order valence-electron chi connectivity index (χ1n) is 6.79. The number of ketones is 1. The van der Waals surface area contributed by atoms with E-state index < -0.39 is 0 Å². The molecule has 2 heteroatoms. The second-order valence-electron chi connectivity index (χ2n) is 4.70. The number of aryl methyl sites for hydroxylation is 1. The van der Waals surface area contributed by atoms with Crippen LogP contribution in [0.3, 0.4) is 0 Å². The summed E-state index contributed by atoms with van der Waals surface area (Å²) in [7, 11) is 0. The van der Waals surface area contributed by atoms with E-state index in [0.717, 1.165) is 19.3 Å². The van der Waals surface area contributed by atoms with Crippen molar-refractivity contribution in [1.82, 2.24) is 0 Å². The summed E-state index contributed by atoms with van der Waals surface area (Å²) in [6.07, 6.45) is 5.94. The first-order chi connectivity index (χ1) is 9.81. The number of carbonyl (C=O) groups is 1. The van der Waals surface area contributed by atoms with Crippen LogP contribution in [0.15, 0.2) is 71.5 Å². The maximum absolute atomic E-state index is 12.2. The first kappa shape index (κ1) is 14.1. The highest BCUT2D eigenvalue weighted by atomic mass is 16.3. The Hall–Kier alpha value is -2.31. The number of allylic oxidation sites excluding steroid dienone is 1. The zero-order chi connectivity index (χ0) is 14.2. The van der Waals surface area contributed by atoms with Gasteiger partial charge >= 0.3 is 0 Å². The van der Waals surface area contributed by atoms with Gasteiger partial charge in [-0.2, -0.15) is 0 Å². The van der Waals surface area contributed by atoms with Gasteiger partial charge in [0.15, 0.2) is 5.76 Å². The highest BCUT2D eigenvalue weighted by Gasteiger charge is 2.19. The lowest BCUT2D eigenvalue weighted by atomic mass is 9.94. The molecule has 0 bridgehead atoms. The van der Waals surface area contributed by atoms with Crippen LogP contribution in [-0.4, -0.2) is 5.78 Å². The highest BCUT2D eigenvalue weighted by Crippen LogP contribution is 2.17. The van der Waals surface area contributed by atoms with Gasteiger partial charge in [-0.3, -0.25) is 4.79 Å². The Bertz CT molecular complexity index is 575. The molecule has 0 aliphatic heterocycles. The molecule has 0 amide bonds. The minimum absolute atomic E-state index is 0.000730. The fraction of sp³-hybridized carbons (Fsp3) is 0.222. The summed E-state index contributed by atoms with van der Waals surface area (Å²) in [5.41, 5.74) is 4.01. The molecule has 0 fully saturated rings. The zero-order valence-corrected chi connectivity index (χ0v) is 11.4. The average molecular weight is 266 g/mol. The SMILES string of the molecule is C=C=CC(CCCc1ccccc1)C(=O)c1ccco1. The van der Waals surface area contributed by atoms with Crippen LogP contribution in [0.25, 0.3) is 0 Å². The van der Waals surface area contributed by atoms with Crippen molar-refractivity contribution in [3.63, 3.8) is 0 Å². The Balaban J connectivity index is 1.93. The molecule has 0 spiro atoms. The van der Waals surface area contributed by atoms with Crippen molar-refractivity contribution in [1.29, 1.82) is 0 Å². The van der Waals surface area contributed by atoms with Gasteiger partial charge in [-0.05, 0) is 43.0 Å². The summed E-state index contributed by atoms with van der Waals surface area (Å²) in [6.45, 7) is 3.57. The van der Waals surface area contributed by atoms with Crippen molar-refractivity contribution in [3.05, 3.63) is 78.4 Å². The molecule has 0 saturated heterocycles. The zero-order valence-electron chi connectivity index (χ0n) is 11.4. The van der Waals surface area contributed by atoms with Gasteiger partial charge in [-0.25, -0.2) is 0 Å². The second-order valence-corrected chi connectivity index (χ2v) is 4.70. The number of Topliss-reactive ketones (excluding diaryl/α,β-unsaturated/α-hetero) is 1. The first-order valence-corrected chi connectivity index (χ1v) is 6.79. The molecular weight excluding hydrogens is 248 g/mol. The van der Waals surface area contributed by atoms with Crippen LogP contribution in [0.5, 0.6) is 0 Å². The summed E-state index contributed by atoms with van der Waals surface area (Å²) >= 11 is 0. The van der Waals surface area contributed by atoms with Gasteiger partial charge < -0.3 is 4.42 Å². The summed E-state index contributed by atoms with van der Waals surface area (Å²) in [6, 6.07) is 13.7. The van der Waals surface area contributed by atoms with Gasteiger partial charge in [0.25, 0.3) is 0 Å². The smallest absolute Gasteiger partial charge is 0.205 e. The van der Waals surface area contributed by atoms with Crippen LogP contribution in [0, 0.1) is 5.92 Å². The van der Waals surface area contributed by atoms with E-state index in [1.807, 2.05) is 18.2 Å². The topological polar surface area (TPSA) is 30.2 Å². The molecule has 1 atom stereocenters. The minimum Gasteiger partial charge on any atom is -0.461 e. The van der Waals surface area contributed by atoms with Crippen molar-refractivity contribution in [2.75, 3.05) is 0 Å². The van der Waals surface area contributed by atoms with E-state index in [9.17, 15) is 4.79 Å². The van der Waals surface area contributed by atoms with E-state index >= 15 is 0 Å². The molecule has 0 aliphatic rings. The number of benzene rings is 1. The molecule has 2 aromatic rings. The second kappa shape index (κ2) is 7.32. The van der Waals surface area contributed by atoms with Gasteiger partial charge in [0.1, 0.15) is 0 Å². The third kappa shape index (κ3) is 3.84. The third-order valence-electron chi connectivity index (χ3n) is 3.24. The predicted octanol–water partition coefficient (Wildman–Crippen LogP) is 4.44. The molecule has 20 heavy (non-hydrogen) atoms. The number of rotatable bonds is 7. The van der Waals surface area contributed by atoms with E-state index in [0.29, 0.717) is 5.76 Å². The lowest BCUT2D eigenvalue weighted by Gasteiger charge is -2.09. The van der Waals surface area contributed by atoms with Gasteiger partial charge in [-0.15, -0.1) is 5.73 Å². The molecule has 1 aromatic heterocycles. The molecule has 1 heterocycles. The summed E-state index contributed by atoms with van der Waals surface area (Å²) in [4.78, 5) is 12.2. The lowest BCUT2D eigenvalue weighted by Crippen LogP contribution is -2.12. The van der Waals surface area contributed by atoms with Crippen LogP contribution in [0.4, 0.5) is 0 Å². The van der Waals surface area contributed by atoms with Gasteiger partial charge in [0, 0.05) is 0 Å². The molecule has 2 rings (SSSR count). The Morgan fingerprint density at radius 3 is 2.70 bits per heavy atom. The number of hydrogen-bond acceptors (Lipinski definition) is 2. The minimum atomic E-state index is -0.206. The van der Waals surface area contributed by atoms with Crippen LogP contribution in [0.2, 0.25) is 0 Å². The van der Waals surface area contributed by atoms with Gasteiger partial charge in [0.2, 0.25) is 5.78 Å². The molecular formula is C18H18O2. The summed E-state index contributed by atoms with van der Waals surface area (Å²) in [5.74, 6) is 0.197. The number of furan rings is 1. The summed E-state index contributed by atoms with van der Waals surface area (Å²) in [5, 5.41) is 0. The van der Waals surface area contributed by atoms with Crippen LogP contribution >= 0.6 is 0 Å². The largest absolute Gasteiger partial charge is 0.461 e.